The van der Waals surface area contributed by atoms with Gasteiger partial charge in [-0.25, -0.2) is 0 Å². The van der Waals surface area contributed by atoms with Crippen molar-refractivity contribution >= 4 is 0 Å². The molecule has 0 radical (unpaired) electrons. The number of ether oxygens (including phenoxy) is 1. The molecular formula is C18H22N2O. The number of nitriles is 2. The average Bonchev–Trinajstić information content (AvgIpc) is 2.47. The lowest BCUT2D eigenvalue weighted by atomic mass is 9.69. The number of para-hydroxylation sites is 1. The summed E-state index contributed by atoms with van der Waals surface area (Å²) in [4.78, 5) is 0. The fraction of sp³-hybridized carbons (Fsp3) is 0.556. The lowest BCUT2D eigenvalue weighted by Gasteiger charge is -2.39. The van der Waals surface area contributed by atoms with E-state index in [1.54, 1.807) is 6.07 Å². The normalized spacial score (nSPS) is 25.7. The Hall–Kier alpha value is -2.00. The van der Waals surface area contributed by atoms with Gasteiger partial charge in [0.1, 0.15) is 17.9 Å². The average molecular weight is 282 g/mol. The Morgan fingerprint density at radius 1 is 1.14 bits per heavy atom. The second-order valence-corrected chi connectivity index (χ2v) is 6.88. The van der Waals surface area contributed by atoms with E-state index < -0.39 is 0 Å². The van der Waals surface area contributed by atoms with E-state index in [0.717, 1.165) is 19.3 Å². The monoisotopic (exact) mass is 282 g/mol. The Morgan fingerprint density at radius 2 is 1.86 bits per heavy atom. The molecule has 3 heteroatoms. The van der Waals surface area contributed by atoms with Crippen LogP contribution in [0.2, 0.25) is 0 Å². The van der Waals surface area contributed by atoms with Crippen molar-refractivity contribution in [2.45, 2.75) is 46.1 Å². The smallest absolute Gasteiger partial charge is 0.137 e. The molecule has 3 atom stereocenters. The number of hydrogen-bond donors (Lipinski definition) is 0. The summed E-state index contributed by atoms with van der Waals surface area (Å²) in [5, 5.41) is 18.5. The van der Waals surface area contributed by atoms with Crippen molar-refractivity contribution in [2.24, 2.45) is 17.3 Å². The third kappa shape index (κ3) is 3.56. The molecule has 1 fully saturated rings. The van der Waals surface area contributed by atoms with Gasteiger partial charge in [-0.1, -0.05) is 32.9 Å². The summed E-state index contributed by atoms with van der Waals surface area (Å²) in [5.41, 5.74) is 0.753. The molecule has 1 aliphatic carbocycles. The second-order valence-electron chi connectivity index (χ2n) is 6.88. The highest BCUT2D eigenvalue weighted by Crippen LogP contribution is 2.41. The Kier molecular flexibility index (Phi) is 4.53. The number of rotatable bonds is 2. The fourth-order valence-corrected chi connectivity index (χ4v) is 3.02. The molecule has 0 saturated heterocycles. The summed E-state index contributed by atoms with van der Waals surface area (Å²) < 4.78 is 6.06. The van der Waals surface area contributed by atoms with Crippen LogP contribution in [0, 0.1) is 39.9 Å². The first-order chi connectivity index (χ1) is 9.95. The van der Waals surface area contributed by atoms with E-state index in [-0.39, 0.29) is 17.4 Å². The van der Waals surface area contributed by atoms with Crippen LogP contribution in [0.4, 0.5) is 0 Å². The predicted molar refractivity (Wildman–Crippen MR) is 81.5 cm³/mol. The van der Waals surface area contributed by atoms with Crippen LogP contribution in [0.3, 0.4) is 0 Å². The highest BCUT2D eigenvalue weighted by Gasteiger charge is 2.37. The first kappa shape index (κ1) is 15.4. The maximum Gasteiger partial charge on any atom is 0.137 e. The molecule has 0 bridgehead atoms. The van der Waals surface area contributed by atoms with Gasteiger partial charge >= 0.3 is 0 Å². The van der Waals surface area contributed by atoms with E-state index in [1.807, 2.05) is 18.2 Å². The van der Waals surface area contributed by atoms with Crippen molar-refractivity contribution < 1.29 is 4.74 Å². The highest BCUT2D eigenvalue weighted by atomic mass is 16.5. The van der Waals surface area contributed by atoms with Gasteiger partial charge in [0.2, 0.25) is 0 Å². The van der Waals surface area contributed by atoms with Crippen molar-refractivity contribution in [3.05, 3.63) is 29.8 Å². The molecule has 0 heterocycles. The minimum Gasteiger partial charge on any atom is -0.488 e. The van der Waals surface area contributed by atoms with Crippen LogP contribution in [0.1, 0.15) is 45.6 Å². The quantitative estimate of drug-likeness (QED) is 0.813. The second kappa shape index (κ2) is 6.19. The lowest BCUT2D eigenvalue weighted by Crippen LogP contribution is -2.38. The third-order valence-electron chi connectivity index (χ3n) is 4.47. The maximum atomic E-state index is 9.36. The summed E-state index contributed by atoms with van der Waals surface area (Å²) in [6, 6.07) is 11.8. The van der Waals surface area contributed by atoms with E-state index in [0.29, 0.717) is 17.2 Å². The first-order valence-electron chi connectivity index (χ1n) is 7.51. The molecule has 21 heavy (non-hydrogen) atoms. The molecule has 0 N–H and O–H groups in total. The zero-order chi connectivity index (χ0) is 15.5. The number of benzene rings is 1. The molecular weight excluding hydrogens is 260 g/mol. The Labute approximate surface area is 127 Å². The minimum absolute atomic E-state index is 0.0876. The summed E-state index contributed by atoms with van der Waals surface area (Å²) in [5.74, 6) is 1.05. The molecule has 1 aromatic carbocycles. The van der Waals surface area contributed by atoms with E-state index in [4.69, 9.17) is 10.00 Å². The van der Waals surface area contributed by atoms with Gasteiger partial charge in [-0.05, 0) is 42.7 Å². The fourth-order valence-electron chi connectivity index (χ4n) is 3.02. The largest absolute Gasteiger partial charge is 0.488 e. The molecule has 1 saturated carbocycles. The zero-order valence-corrected chi connectivity index (χ0v) is 13.0. The molecule has 0 spiro atoms. The molecule has 1 aromatic rings. The van der Waals surface area contributed by atoms with Gasteiger partial charge in [-0.15, -0.1) is 0 Å². The van der Waals surface area contributed by atoms with E-state index >= 15 is 0 Å². The van der Waals surface area contributed by atoms with E-state index in [1.165, 1.54) is 0 Å². The maximum absolute atomic E-state index is 9.36. The summed E-state index contributed by atoms with van der Waals surface area (Å²) >= 11 is 0. The van der Waals surface area contributed by atoms with Crippen molar-refractivity contribution in [3.63, 3.8) is 0 Å². The molecule has 0 aliphatic heterocycles. The topological polar surface area (TPSA) is 56.8 Å². The van der Waals surface area contributed by atoms with Crippen LogP contribution in [-0.2, 0) is 0 Å². The van der Waals surface area contributed by atoms with Crippen LogP contribution in [0.5, 0.6) is 5.75 Å². The van der Waals surface area contributed by atoms with Gasteiger partial charge in [0, 0.05) is 0 Å². The van der Waals surface area contributed by atoms with Crippen LogP contribution in [0.25, 0.3) is 0 Å². The predicted octanol–water partition coefficient (Wildman–Crippen LogP) is 4.29. The Bertz CT molecular complexity index is 574. The minimum atomic E-state index is -0.123. The molecule has 3 nitrogen and oxygen atoms in total. The first-order valence-corrected chi connectivity index (χ1v) is 7.51. The molecule has 2 rings (SSSR count). The third-order valence-corrected chi connectivity index (χ3v) is 4.47. The molecule has 3 unspecified atom stereocenters. The van der Waals surface area contributed by atoms with E-state index in [9.17, 15) is 5.26 Å². The molecule has 0 aromatic heterocycles. The van der Waals surface area contributed by atoms with Crippen molar-refractivity contribution in [1.29, 1.82) is 10.5 Å². The molecule has 1 aliphatic rings. The number of nitrogens with zero attached hydrogens (tertiary/aromatic N) is 2. The van der Waals surface area contributed by atoms with E-state index in [2.05, 4.69) is 32.9 Å². The standard InChI is InChI=1S/C18H22N2O/c1-18(2,3)15-9-8-14(12-20)17(10-15)21-16-7-5-4-6-13(16)11-19/h4-7,14-15,17H,8-10H2,1-3H3. The summed E-state index contributed by atoms with van der Waals surface area (Å²) in [6.45, 7) is 6.72. The van der Waals surface area contributed by atoms with Crippen molar-refractivity contribution in [1.82, 2.24) is 0 Å². The van der Waals surface area contributed by atoms with Crippen LogP contribution < -0.4 is 4.74 Å². The zero-order valence-electron chi connectivity index (χ0n) is 13.0. The van der Waals surface area contributed by atoms with Crippen molar-refractivity contribution in [2.75, 3.05) is 0 Å². The number of hydrogen-bond acceptors (Lipinski definition) is 3. The highest BCUT2D eigenvalue weighted by molar-refractivity contribution is 5.42. The van der Waals surface area contributed by atoms with Gasteiger partial charge in [-0.3, -0.25) is 0 Å². The van der Waals surface area contributed by atoms with Gasteiger partial charge in [-0.2, -0.15) is 10.5 Å². The van der Waals surface area contributed by atoms with Gasteiger partial charge in [0.05, 0.1) is 17.6 Å². The Morgan fingerprint density at radius 3 is 2.48 bits per heavy atom. The summed E-state index contributed by atoms with van der Waals surface area (Å²) in [6.07, 6.45) is 2.70. The van der Waals surface area contributed by atoms with Gasteiger partial charge in [0.25, 0.3) is 0 Å². The lowest BCUT2D eigenvalue weighted by molar-refractivity contribution is 0.0492. The molecule has 110 valence electrons. The van der Waals surface area contributed by atoms with Crippen LogP contribution >= 0.6 is 0 Å². The van der Waals surface area contributed by atoms with Crippen LogP contribution in [0.15, 0.2) is 24.3 Å². The van der Waals surface area contributed by atoms with Crippen molar-refractivity contribution in [3.8, 4) is 17.9 Å². The molecule has 0 amide bonds. The van der Waals surface area contributed by atoms with Gasteiger partial charge < -0.3 is 4.74 Å². The SMILES string of the molecule is CC(C)(C)C1CCC(C#N)C(Oc2ccccc2C#N)C1. The van der Waals surface area contributed by atoms with Crippen LogP contribution in [-0.4, -0.2) is 6.10 Å². The van der Waals surface area contributed by atoms with Gasteiger partial charge in [0.15, 0.2) is 0 Å². The summed E-state index contributed by atoms with van der Waals surface area (Å²) in [7, 11) is 0. The Balaban J connectivity index is 2.19.